The van der Waals surface area contributed by atoms with E-state index in [2.05, 4.69) is 0 Å². The fourth-order valence-corrected chi connectivity index (χ4v) is 4.10. The van der Waals surface area contributed by atoms with Crippen molar-refractivity contribution in [2.75, 3.05) is 13.7 Å². The van der Waals surface area contributed by atoms with Gasteiger partial charge in [-0.15, -0.1) is 0 Å². The quantitative estimate of drug-likeness (QED) is 0.364. The third-order valence-corrected chi connectivity index (χ3v) is 5.61. The maximum absolute atomic E-state index is 13.1. The van der Waals surface area contributed by atoms with Gasteiger partial charge in [-0.2, -0.15) is 0 Å². The Morgan fingerprint density at radius 1 is 1.18 bits per heavy atom. The molecule has 2 aromatic carbocycles. The number of nitrogens with zero attached hydrogens (tertiary/aromatic N) is 1. The molecule has 0 radical (unpaired) electrons. The summed E-state index contributed by atoms with van der Waals surface area (Å²) in [5.41, 5.74) is 0.503. The maximum Gasteiger partial charge on any atom is 0.326 e. The molecule has 3 rings (SSSR count). The number of hydrogen-bond acceptors (Lipinski definition) is 7. The van der Waals surface area contributed by atoms with Gasteiger partial charge in [0.05, 0.1) is 17.0 Å². The second kappa shape index (κ2) is 10.5. The van der Waals surface area contributed by atoms with Crippen LogP contribution < -0.4 is 9.47 Å². The lowest BCUT2D eigenvalue weighted by atomic mass is 10.1. The van der Waals surface area contributed by atoms with Gasteiger partial charge in [0.25, 0.3) is 11.1 Å². The highest BCUT2D eigenvalue weighted by Crippen LogP contribution is 2.39. The van der Waals surface area contributed by atoms with Crippen molar-refractivity contribution in [3.63, 3.8) is 0 Å². The summed E-state index contributed by atoms with van der Waals surface area (Å²) in [4.78, 5) is 38.0. The van der Waals surface area contributed by atoms with Crippen LogP contribution in [0.5, 0.6) is 11.5 Å². The maximum atomic E-state index is 13.1. The van der Waals surface area contributed by atoms with Gasteiger partial charge in [0.1, 0.15) is 24.6 Å². The summed E-state index contributed by atoms with van der Waals surface area (Å²) in [7, 11) is 1.44. The predicted molar refractivity (Wildman–Crippen MR) is 127 cm³/mol. The molecule has 10 heteroatoms. The Morgan fingerprint density at radius 2 is 1.85 bits per heavy atom. The first-order valence-corrected chi connectivity index (χ1v) is 11.4. The van der Waals surface area contributed by atoms with E-state index in [0.29, 0.717) is 23.1 Å². The van der Waals surface area contributed by atoms with Gasteiger partial charge in [-0.05, 0) is 74.0 Å². The molecule has 1 saturated heterocycles. The minimum Gasteiger partial charge on any atom is -0.493 e. The Balaban J connectivity index is 1.76. The van der Waals surface area contributed by atoms with Crippen LogP contribution in [-0.4, -0.2) is 41.3 Å². The van der Waals surface area contributed by atoms with Gasteiger partial charge in [0.15, 0.2) is 11.5 Å². The van der Waals surface area contributed by atoms with Crippen molar-refractivity contribution in [2.45, 2.75) is 33.0 Å². The van der Waals surface area contributed by atoms with E-state index in [1.165, 1.54) is 25.3 Å². The molecule has 0 N–H and O–H groups in total. The van der Waals surface area contributed by atoms with Gasteiger partial charge < -0.3 is 14.2 Å². The zero-order valence-corrected chi connectivity index (χ0v) is 20.6. The largest absolute Gasteiger partial charge is 0.493 e. The Morgan fingerprint density at radius 3 is 2.47 bits per heavy atom. The topological polar surface area (TPSA) is 82.1 Å². The molecular formula is C24H23ClFNO6S. The third-order valence-electron chi connectivity index (χ3n) is 4.43. The van der Waals surface area contributed by atoms with Gasteiger partial charge in [0, 0.05) is 0 Å². The summed E-state index contributed by atoms with van der Waals surface area (Å²) >= 11 is 7.10. The minimum absolute atomic E-state index is 0.131. The standard InChI is InChI=1S/C24H23ClFNO6S/c1-24(2,3)33-20(28)12-27-22(29)19(34-23(27)30)11-15-9-17(25)21(18(10-15)31-4)32-13-14-5-7-16(26)8-6-14/h5-11H,12-13H2,1-4H3. The summed E-state index contributed by atoms with van der Waals surface area (Å²) in [6.07, 6.45) is 1.48. The molecule has 1 aliphatic heterocycles. The molecule has 180 valence electrons. The van der Waals surface area contributed by atoms with E-state index in [1.54, 1.807) is 45.0 Å². The molecule has 7 nitrogen and oxygen atoms in total. The molecule has 0 bridgehead atoms. The molecule has 0 unspecified atom stereocenters. The van der Waals surface area contributed by atoms with Crippen LogP contribution in [0.2, 0.25) is 5.02 Å². The lowest BCUT2D eigenvalue weighted by Crippen LogP contribution is -2.37. The van der Waals surface area contributed by atoms with Crippen molar-refractivity contribution < 1.29 is 33.0 Å². The van der Waals surface area contributed by atoms with Gasteiger partial charge in [-0.1, -0.05) is 23.7 Å². The number of ether oxygens (including phenoxy) is 3. The second-order valence-electron chi connectivity index (χ2n) is 8.30. The van der Waals surface area contributed by atoms with E-state index in [1.807, 2.05) is 0 Å². The van der Waals surface area contributed by atoms with Gasteiger partial charge in [-0.25, -0.2) is 4.39 Å². The number of carbonyl (C=O) groups excluding carboxylic acids is 3. The van der Waals surface area contributed by atoms with Crippen molar-refractivity contribution in [1.82, 2.24) is 4.90 Å². The summed E-state index contributed by atoms with van der Waals surface area (Å²) in [5, 5.41) is -0.347. The molecule has 2 amide bonds. The number of hydrogen-bond donors (Lipinski definition) is 0. The zero-order chi connectivity index (χ0) is 25.0. The number of amides is 2. The third kappa shape index (κ3) is 6.51. The number of benzene rings is 2. The summed E-state index contributed by atoms with van der Waals surface area (Å²) in [6.45, 7) is 4.76. The lowest BCUT2D eigenvalue weighted by Gasteiger charge is -2.21. The van der Waals surface area contributed by atoms with Crippen LogP contribution in [0.4, 0.5) is 9.18 Å². The van der Waals surface area contributed by atoms with E-state index in [0.717, 1.165) is 10.5 Å². The van der Waals surface area contributed by atoms with E-state index < -0.39 is 29.3 Å². The van der Waals surface area contributed by atoms with E-state index in [-0.39, 0.29) is 28.1 Å². The average molecular weight is 508 g/mol. The van der Waals surface area contributed by atoms with Crippen LogP contribution in [0.25, 0.3) is 6.08 Å². The molecule has 2 aromatic rings. The van der Waals surface area contributed by atoms with E-state index >= 15 is 0 Å². The van der Waals surface area contributed by atoms with Crippen LogP contribution in [0.3, 0.4) is 0 Å². The number of halogens is 2. The van der Waals surface area contributed by atoms with Crippen molar-refractivity contribution in [3.8, 4) is 11.5 Å². The average Bonchev–Trinajstić information content (AvgIpc) is 2.99. The molecule has 0 saturated carbocycles. The second-order valence-corrected chi connectivity index (χ2v) is 9.70. The number of esters is 1. The SMILES string of the molecule is COc1cc(C=C2SC(=O)N(CC(=O)OC(C)(C)C)C2=O)cc(Cl)c1OCc1ccc(F)cc1. The summed E-state index contributed by atoms with van der Waals surface area (Å²) < 4.78 is 29.4. The molecule has 1 aliphatic rings. The number of methoxy groups -OCH3 is 1. The van der Waals surface area contributed by atoms with Crippen LogP contribution in [0, 0.1) is 5.82 Å². The zero-order valence-electron chi connectivity index (χ0n) is 19.0. The van der Waals surface area contributed by atoms with Crippen LogP contribution in [0.1, 0.15) is 31.9 Å². The van der Waals surface area contributed by atoms with Gasteiger partial charge >= 0.3 is 5.97 Å². The van der Waals surface area contributed by atoms with E-state index in [4.69, 9.17) is 25.8 Å². The van der Waals surface area contributed by atoms with Gasteiger partial charge in [-0.3, -0.25) is 19.3 Å². The highest BCUT2D eigenvalue weighted by molar-refractivity contribution is 8.18. The molecule has 34 heavy (non-hydrogen) atoms. The monoisotopic (exact) mass is 507 g/mol. The number of thioether (sulfide) groups is 1. The van der Waals surface area contributed by atoms with Crippen LogP contribution >= 0.6 is 23.4 Å². The molecule has 1 fully saturated rings. The highest BCUT2D eigenvalue weighted by atomic mass is 35.5. The number of carbonyl (C=O) groups is 3. The Bertz CT molecular complexity index is 1140. The number of imide groups is 1. The minimum atomic E-state index is -0.734. The van der Waals surface area contributed by atoms with Crippen LogP contribution in [0.15, 0.2) is 41.3 Å². The predicted octanol–water partition coefficient (Wildman–Crippen LogP) is 5.44. The van der Waals surface area contributed by atoms with Crippen LogP contribution in [-0.2, 0) is 20.9 Å². The smallest absolute Gasteiger partial charge is 0.326 e. The normalized spacial score (nSPS) is 15.1. The Labute approximate surface area is 205 Å². The Hall–Kier alpha value is -3.04. The molecular weight excluding hydrogens is 485 g/mol. The number of rotatable bonds is 7. The molecule has 1 heterocycles. The first-order chi connectivity index (χ1) is 16.0. The van der Waals surface area contributed by atoms with Crippen molar-refractivity contribution in [2.24, 2.45) is 0 Å². The van der Waals surface area contributed by atoms with Gasteiger partial charge in [0.2, 0.25) is 0 Å². The molecule has 0 atom stereocenters. The fraction of sp³-hybridized carbons (Fsp3) is 0.292. The van der Waals surface area contributed by atoms with E-state index in [9.17, 15) is 18.8 Å². The molecule has 0 aromatic heterocycles. The van der Waals surface area contributed by atoms with Crippen molar-refractivity contribution >= 4 is 46.6 Å². The molecule has 0 aliphatic carbocycles. The Kier molecular flexibility index (Phi) is 7.89. The highest BCUT2D eigenvalue weighted by Gasteiger charge is 2.37. The first kappa shape index (κ1) is 25.6. The summed E-state index contributed by atoms with van der Waals surface area (Å²) in [5.74, 6) is -1.03. The van der Waals surface area contributed by atoms with Crippen molar-refractivity contribution in [3.05, 3.63) is 63.3 Å². The first-order valence-electron chi connectivity index (χ1n) is 10.2. The summed E-state index contributed by atoms with van der Waals surface area (Å²) in [6, 6.07) is 9.02. The molecule has 0 spiro atoms. The lowest BCUT2D eigenvalue weighted by molar-refractivity contribution is -0.156. The van der Waals surface area contributed by atoms with Crippen molar-refractivity contribution in [1.29, 1.82) is 0 Å². The fourth-order valence-electron chi connectivity index (χ4n) is 2.99.